The van der Waals surface area contributed by atoms with E-state index in [9.17, 15) is 4.79 Å². The van der Waals surface area contributed by atoms with E-state index in [1.807, 2.05) is 18.2 Å². The van der Waals surface area contributed by atoms with Gasteiger partial charge in [-0.05, 0) is 30.5 Å². The molecule has 1 fully saturated rings. The minimum absolute atomic E-state index is 0.0645. The Balaban J connectivity index is 1.71. The van der Waals surface area contributed by atoms with E-state index < -0.39 is 0 Å². The summed E-state index contributed by atoms with van der Waals surface area (Å²) in [6, 6.07) is 7.39. The van der Waals surface area contributed by atoms with Crippen molar-refractivity contribution in [2.24, 2.45) is 5.73 Å². The van der Waals surface area contributed by atoms with Crippen LogP contribution in [0.5, 0.6) is 0 Å². The van der Waals surface area contributed by atoms with Crippen LogP contribution >= 0.6 is 0 Å². The Bertz CT molecular complexity index is 414. The molecular weight excluding hydrogens is 240 g/mol. The number of amides is 1. The quantitative estimate of drug-likeness (QED) is 0.769. The van der Waals surface area contributed by atoms with Gasteiger partial charge >= 0.3 is 0 Å². The van der Waals surface area contributed by atoms with Crippen LogP contribution < -0.4 is 11.1 Å². The number of ether oxygens (including phenoxy) is 1. The van der Waals surface area contributed by atoms with Crippen molar-refractivity contribution in [1.29, 1.82) is 0 Å². The molecule has 0 unspecified atom stereocenters. The maximum Gasteiger partial charge on any atom is 0.251 e. The summed E-state index contributed by atoms with van der Waals surface area (Å²) in [4.78, 5) is 11.9. The fourth-order valence-corrected chi connectivity index (χ4v) is 2.39. The maximum absolute atomic E-state index is 11.9. The molecule has 0 heterocycles. The van der Waals surface area contributed by atoms with Crippen molar-refractivity contribution in [3.8, 4) is 0 Å². The highest BCUT2D eigenvalue weighted by Gasteiger charge is 2.14. The zero-order valence-electron chi connectivity index (χ0n) is 11.2. The van der Waals surface area contributed by atoms with E-state index in [0.29, 0.717) is 31.4 Å². The number of nitrogens with one attached hydrogen (secondary N) is 1. The van der Waals surface area contributed by atoms with E-state index in [1.165, 1.54) is 12.8 Å². The number of hydrogen-bond acceptors (Lipinski definition) is 3. The van der Waals surface area contributed by atoms with Crippen molar-refractivity contribution in [3.05, 3.63) is 35.4 Å². The first-order valence-corrected chi connectivity index (χ1v) is 6.98. The number of rotatable bonds is 6. The van der Waals surface area contributed by atoms with Gasteiger partial charge in [-0.1, -0.05) is 25.0 Å². The van der Waals surface area contributed by atoms with Crippen LogP contribution in [0.2, 0.25) is 0 Å². The van der Waals surface area contributed by atoms with Gasteiger partial charge in [0, 0.05) is 18.7 Å². The van der Waals surface area contributed by atoms with Crippen LogP contribution in [0.4, 0.5) is 0 Å². The average molecular weight is 262 g/mol. The minimum atomic E-state index is -0.0645. The third kappa shape index (κ3) is 4.33. The molecule has 0 radical (unpaired) electrons. The molecular formula is C15H22N2O2. The Labute approximate surface area is 114 Å². The summed E-state index contributed by atoms with van der Waals surface area (Å²) < 4.78 is 5.70. The summed E-state index contributed by atoms with van der Waals surface area (Å²) >= 11 is 0. The number of hydrogen-bond donors (Lipinski definition) is 2. The Morgan fingerprint density at radius 3 is 2.89 bits per heavy atom. The Hall–Kier alpha value is -1.39. The summed E-state index contributed by atoms with van der Waals surface area (Å²) in [5.74, 6) is -0.0645. The Kier molecular flexibility index (Phi) is 5.36. The molecule has 0 saturated heterocycles. The summed E-state index contributed by atoms with van der Waals surface area (Å²) in [5, 5.41) is 2.87. The fourth-order valence-electron chi connectivity index (χ4n) is 2.39. The van der Waals surface area contributed by atoms with Crippen molar-refractivity contribution in [1.82, 2.24) is 5.32 Å². The van der Waals surface area contributed by atoms with E-state index >= 15 is 0 Å². The molecule has 4 nitrogen and oxygen atoms in total. The summed E-state index contributed by atoms with van der Waals surface area (Å²) in [6.07, 6.45) is 5.25. The highest BCUT2D eigenvalue weighted by atomic mass is 16.5. The zero-order valence-corrected chi connectivity index (χ0v) is 11.2. The lowest BCUT2D eigenvalue weighted by molar-refractivity contribution is 0.0582. The van der Waals surface area contributed by atoms with E-state index in [0.717, 1.165) is 18.4 Å². The van der Waals surface area contributed by atoms with Crippen LogP contribution in [0.3, 0.4) is 0 Å². The number of nitrogens with two attached hydrogens (primary N) is 1. The van der Waals surface area contributed by atoms with Crippen LogP contribution in [0.15, 0.2) is 24.3 Å². The molecule has 0 atom stereocenters. The van der Waals surface area contributed by atoms with E-state index in [-0.39, 0.29) is 5.91 Å². The van der Waals surface area contributed by atoms with Crippen molar-refractivity contribution in [2.45, 2.75) is 38.3 Å². The summed E-state index contributed by atoms with van der Waals surface area (Å²) in [5.41, 5.74) is 7.18. The van der Waals surface area contributed by atoms with Gasteiger partial charge in [-0.25, -0.2) is 0 Å². The average Bonchev–Trinajstić information content (AvgIpc) is 2.96. The fraction of sp³-hybridized carbons (Fsp3) is 0.533. The number of benzene rings is 1. The third-order valence-corrected chi connectivity index (χ3v) is 3.47. The standard InChI is InChI=1S/C15H22N2O2/c16-11-12-4-3-5-13(10-12)15(18)17-8-9-19-14-6-1-2-7-14/h3-5,10,14H,1-2,6-9,11,16H2,(H,17,18). The predicted octanol–water partition coefficient (Wildman–Crippen LogP) is 1.83. The zero-order chi connectivity index (χ0) is 13.5. The third-order valence-electron chi connectivity index (χ3n) is 3.47. The highest BCUT2D eigenvalue weighted by Crippen LogP contribution is 2.20. The van der Waals surface area contributed by atoms with Crippen molar-refractivity contribution < 1.29 is 9.53 Å². The van der Waals surface area contributed by atoms with Gasteiger partial charge in [0.05, 0.1) is 12.7 Å². The smallest absolute Gasteiger partial charge is 0.251 e. The highest BCUT2D eigenvalue weighted by molar-refractivity contribution is 5.94. The molecule has 19 heavy (non-hydrogen) atoms. The van der Waals surface area contributed by atoms with Gasteiger partial charge in [-0.15, -0.1) is 0 Å². The van der Waals surface area contributed by atoms with E-state index in [2.05, 4.69) is 5.32 Å². The van der Waals surface area contributed by atoms with E-state index in [4.69, 9.17) is 10.5 Å². The molecule has 1 aromatic rings. The van der Waals surface area contributed by atoms with Crippen LogP contribution in [-0.4, -0.2) is 25.2 Å². The first kappa shape index (κ1) is 14.0. The second-order valence-corrected chi connectivity index (χ2v) is 4.94. The van der Waals surface area contributed by atoms with Gasteiger partial charge in [0.15, 0.2) is 0 Å². The molecule has 0 aromatic heterocycles. The van der Waals surface area contributed by atoms with Crippen molar-refractivity contribution in [3.63, 3.8) is 0 Å². The molecule has 1 amide bonds. The van der Waals surface area contributed by atoms with Crippen LogP contribution in [0, 0.1) is 0 Å². The largest absolute Gasteiger partial charge is 0.376 e. The molecule has 1 saturated carbocycles. The molecule has 3 N–H and O–H groups in total. The summed E-state index contributed by atoms with van der Waals surface area (Å²) in [6.45, 7) is 1.60. The topological polar surface area (TPSA) is 64.4 Å². The van der Waals surface area contributed by atoms with Crippen LogP contribution in [0.1, 0.15) is 41.6 Å². The Morgan fingerprint density at radius 1 is 1.37 bits per heavy atom. The van der Waals surface area contributed by atoms with Crippen LogP contribution in [-0.2, 0) is 11.3 Å². The predicted molar refractivity (Wildman–Crippen MR) is 74.9 cm³/mol. The first-order valence-electron chi connectivity index (χ1n) is 6.98. The van der Waals surface area contributed by atoms with Gasteiger partial charge < -0.3 is 15.8 Å². The molecule has 104 valence electrons. The van der Waals surface area contributed by atoms with Gasteiger partial charge in [0.1, 0.15) is 0 Å². The normalized spacial score (nSPS) is 15.6. The van der Waals surface area contributed by atoms with Gasteiger partial charge in [0.25, 0.3) is 5.91 Å². The van der Waals surface area contributed by atoms with Gasteiger partial charge in [-0.3, -0.25) is 4.79 Å². The second kappa shape index (κ2) is 7.26. The van der Waals surface area contributed by atoms with Gasteiger partial charge in [-0.2, -0.15) is 0 Å². The molecule has 0 spiro atoms. The SMILES string of the molecule is NCc1cccc(C(=O)NCCOC2CCCC2)c1. The minimum Gasteiger partial charge on any atom is -0.376 e. The molecule has 0 aliphatic heterocycles. The van der Waals surface area contributed by atoms with E-state index in [1.54, 1.807) is 6.07 Å². The number of carbonyl (C=O) groups is 1. The lowest BCUT2D eigenvalue weighted by Gasteiger charge is -2.11. The van der Waals surface area contributed by atoms with Crippen molar-refractivity contribution >= 4 is 5.91 Å². The molecule has 0 bridgehead atoms. The number of carbonyl (C=O) groups excluding carboxylic acids is 1. The first-order chi connectivity index (χ1) is 9.29. The maximum atomic E-state index is 11.9. The lowest BCUT2D eigenvalue weighted by atomic mass is 10.1. The lowest BCUT2D eigenvalue weighted by Crippen LogP contribution is -2.28. The monoisotopic (exact) mass is 262 g/mol. The molecule has 2 rings (SSSR count). The molecule has 1 aliphatic carbocycles. The molecule has 1 aromatic carbocycles. The second-order valence-electron chi connectivity index (χ2n) is 4.94. The summed E-state index contributed by atoms with van der Waals surface area (Å²) in [7, 11) is 0. The van der Waals surface area contributed by atoms with Crippen molar-refractivity contribution in [2.75, 3.05) is 13.2 Å². The molecule has 4 heteroatoms. The Morgan fingerprint density at radius 2 is 2.16 bits per heavy atom. The van der Waals surface area contributed by atoms with Crippen LogP contribution in [0.25, 0.3) is 0 Å². The van der Waals surface area contributed by atoms with Gasteiger partial charge in [0.2, 0.25) is 0 Å². The molecule has 1 aliphatic rings.